The lowest BCUT2D eigenvalue weighted by atomic mass is 9.68. The van der Waals surface area contributed by atoms with Crippen LogP contribution in [0.4, 0.5) is 0 Å². The van der Waals surface area contributed by atoms with Gasteiger partial charge in [-0.1, -0.05) is 67.6 Å². The monoisotopic (exact) mass is 299 g/mol. The van der Waals surface area contributed by atoms with E-state index in [0.717, 1.165) is 12.8 Å². The van der Waals surface area contributed by atoms with Gasteiger partial charge in [0.1, 0.15) is 0 Å². The zero-order valence-corrected chi connectivity index (χ0v) is 13.4. The first kappa shape index (κ1) is 15.8. The Kier molecular flexibility index (Phi) is 4.84. The Hall–Kier alpha value is -1.60. The molecule has 0 spiro atoms. The van der Waals surface area contributed by atoms with Gasteiger partial charge < -0.3 is 0 Å². The summed E-state index contributed by atoms with van der Waals surface area (Å²) in [6.45, 7) is 4.45. The Labute approximate surface area is 133 Å². The minimum Gasteiger partial charge on any atom is -0.290 e. The highest BCUT2D eigenvalue weighted by Crippen LogP contribution is 2.43. The van der Waals surface area contributed by atoms with Crippen molar-refractivity contribution in [3.63, 3.8) is 0 Å². The van der Waals surface area contributed by atoms with Gasteiger partial charge in [0.15, 0.2) is 0 Å². The van der Waals surface area contributed by atoms with Gasteiger partial charge in [-0.05, 0) is 30.9 Å². The molecule has 1 heterocycles. The van der Waals surface area contributed by atoms with Gasteiger partial charge in [-0.2, -0.15) is 0 Å². The molecule has 0 N–H and O–H groups in total. The molecule has 0 amide bonds. The lowest BCUT2D eigenvalue weighted by Gasteiger charge is -2.32. The minimum atomic E-state index is -0.0311. The predicted molar refractivity (Wildman–Crippen MR) is 92.7 cm³/mol. The molecule has 1 nitrogen and oxygen atoms in total. The normalized spacial score (nSPS) is 19.7. The third-order valence-corrected chi connectivity index (χ3v) is 4.34. The molecule has 1 aliphatic heterocycles. The number of hydrogen-bond donors (Lipinski definition) is 0. The fourth-order valence-corrected chi connectivity index (χ4v) is 3.56. The van der Waals surface area contributed by atoms with Gasteiger partial charge in [0.05, 0.1) is 5.41 Å². The molecule has 2 aromatic rings. The number of halogens is 1. The van der Waals surface area contributed by atoms with Crippen LogP contribution < -0.4 is 0 Å². The van der Waals surface area contributed by atoms with Gasteiger partial charge >= 0.3 is 0 Å². The van der Waals surface area contributed by atoms with Crippen LogP contribution in [0.5, 0.6) is 0 Å². The molecule has 0 fully saturated rings. The fraction of sp³-hybridized carbons (Fsp3) is 0.316. The van der Waals surface area contributed by atoms with E-state index in [9.17, 15) is 0 Å². The van der Waals surface area contributed by atoms with Gasteiger partial charge in [-0.15, -0.1) is 12.4 Å². The first-order valence-corrected chi connectivity index (χ1v) is 7.45. The standard InChI is InChI=1S/C19H21N.ClH/c1-3-18-19(14-15(2)20-18,16-10-6-4-7-11-16)17-12-8-5-9-13-17;/h4-13,15H,3,14H2,1-2H3;1H/t15-;/m0./s1. The summed E-state index contributed by atoms with van der Waals surface area (Å²) in [7, 11) is 0. The van der Waals surface area contributed by atoms with Crippen LogP contribution >= 0.6 is 12.4 Å². The van der Waals surface area contributed by atoms with Crippen molar-refractivity contribution in [1.29, 1.82) is 0 Å². The molecule has 0 unspecified atom stereocenters. The molecule has 0 aliphatic carbocycles. The van der Waals surface area contributed by atoms with Gasteiger partial charge in [0.2, 0.25) is 0 Å². The molecule has 0 saturated heterocycles. The van der Waals surface area contributed by atoms with Crippen molar-refractivity contribution in [2.45, 2.75) is 38.1 Å². The van der Waals surface area contributed by atoms with Crippen LogP contribution in [-0.2, 0) is 5.41 Å². The molecular formula is C19H22ClN. The maximum Gasteiger partial charge on any atom is 0.0600 e. The molecule has 2 heteroatoms. The van der Waals surface area contributed by atoms with Crippen molar-refractivity contribution in [3.05, 3.63) is 71.8 Å². The van der Waals surface area contributed by atoms with Crippen molar-refractivity contribution >= 4 is 18.1 Å². The Morgan fingerprint density at radius 1 is 0.952 bits per heavy atom. The van der Waals surface area contributed by atoms with E-state index in [-0.39, 0.29) is 17.8 Å². The van der Waals surface area contributed by atoms with E-state index in [1.165, 1.54) is 16.8 Å². The van der Waals surface area contributed by atoms with Crippen LogP contribution in [0.2, 0.25) is 0 Å². The lowest BCUT2D eigenvalue weighted by Crippen LogP contribution is -2.34. The second kappa shape index (κ2) is 6.44. The SMILES string of the molecule is CCC1=N[C@@H](C)CC1(c1ccccc1)c1ccccc1.Cl. The first-order valence-electron chi connectivity index (χ1n) is 7.45. The van der Waals surface area contributed by atoms with E-state index < -0.39 is 0 Å². The van der Waals surface area contributed by atoms with Crippen molar-refractivity contribution < 1.29 is 0 Å². The lowest BCUT2D eigenvalue weighted by molar-refractivity contribution is 0.591. The van der Waals surface area contributed by atoms with E-state index in [1.807, 2.05) is 0 Å². The maximum absolute atomic E-state index is 4.93. The number of hydrogen-bond acceptors (Lipinski definition) is 1. The van der Waals surface area contributed by atoms with E-state index in [2.05, 4.69) is 74.5 Å². The second-order valence-electron chi connectivity index (χ2n) is 5.62. The third-order valence-electron chi connectivity index (χ3n) is 4.34. The molecule has 1 atom stereocenters. The summed E-state index contributed by atoms with van der Waals surface area (Å²) in [6.07, 6.45) is 2.08. The van der Waals surface area contributed by atoms with E-state index in [1.54, 1.807) is 0 Å². The summed E-state index contributed by atoms with van der Waals surface area (Å²) in [4.78, 5) is 4.93. The zero-order valence-electron chi connectivity index (χ0n) is 12.6. The average molecular weight is 300 g/mol. The molecule has 1 aliphatic rings. The average Bonchev–Trinajstić information content (AvgIpc) is 2.87. The van der Waals surface area contributed by atoms with Gasteiger partial charge in [0, 0.05) is 11.8 Å². The highest BCUT2D eigenvalue weighted by Gasteiger charge is 2.43. The smallest absolute Gasteiger partial charge is 0.0600 e. The van der Waals surface area contributed by atoms with Gasteiger partial charge in [-0.25, -0.2) is 0 Å². The van der Waals surface area contributed by atoms with Crippen molar-refractivity contribution in [2.24, 2.45) is 4.99 Å². The zero-order chi connectivity index (χ0) is 14.0. The summed E-state index contributed by atoms with van der Waals surface area (Å²) in [5, 5.41) is 0. The van der Waals surface area contributed by atoms with Crippen LogP contribution in [0.1, 0.15) is 37.8 Å². The van der Waals surface area contributed by atoms with Crippen LogP contribution in [0.3, 0.4) is 0 Å². The predicted octanol–water partition coefficient (Wildman–Crippen LogP) is 5.04. The Bertz CT molecular complexity index is 564. The van der Waals surface area contributed by atoms with Crippen molar-refractivity contribution in [1.82, 2.24) is 0 Å². The highest BCUT2D eigenvalue weighted by atomic mass is 35.5. The van der Waals surface area contributed by atoms with Crippen LogP contribution in [0, 0.1) is 0 Å². The molecule has 0 aromatic heterocycles. The fourth-order valence-electron chi connectivity index (χ4n) is 3.56. The van der Waals surface area contributed by atoms with E-state index in [0.29, 0.717) is 6.04 Å². The summed E-state index contributed by atoms with van der Waals surface area (Å²) in [5.74, 6) is 0. The second-order valence-corrected chi connectivity index (χ2v) is 5.62. The van der Waals surface area contributed by atoms with Crippen LogP contribution in [0.15, 0.2) is 65.7 Å². The molecule has 0 saturated carbocycles. The van der Waals surface area contributed by atoms with Crippen molar-refractivity contribution in [2.75, 3.05) is 0 Å². The molecule has 2 aromatic carbocycles. The number of nitrogens with zero attached hydrogens (tertiary/aromatic N) is 1. The van der Waals surface area contributed by atoms with Crippen molar-refractivity contribution in [3.8, 4) is 0 Å². The molecular weight excluding hydrogens is 278 g/mol. The highest BCUT2D eigenvalue weighted by molar-refractivity contribution is 5.99. The first-order chi connectivity index (χ1) is 9.77. The molecule has 3 rings (SSSR count). The quantitative estimate of drug-likeness (QED) is 0.753. The molecule has 0 bridgehead atoms. The van der Waals surface area contributed by atoms with E-state index >= 15 is 0 Å². The number of benzene rings is 2. The van der Waals surface area contributed by atoms with Gasteiger partial charge in [0.25, 0.3) is 0 Å². The number of aliphatic imine (C=N–C) groups is 1. The van der Waals surface area contributed by atoms with E-state index in [4.69, 9.17) is 4.99 Å². The largest absolute Gasteiger partial charge is 0.290 e. The Morgan fingerprint density at radius 3 is 1.86 bits per heavy atom. The van der Waals surface area contributed by atoms with Crippen LogP contribution in [0.25, 0.3) is 0 Å². The summed E-state index contributed by atoms with van der Waals surface area (Å²) < 4.78 is 0. The number of rotatable bonds is 3. The molecule has 0 radical (unpaired) electrons. The maximum atomic E-state index is 4.93. The Morgan fingerprint density at radius 2 is 1.43 bits per heavy atom. The molecule has 21 heavy (non-hydrogen) atoms. The van der Waals surface area contributed by atoms with Crippen LogP contribution in [-0.4, -0.2) is 11.8 Å². The van der Waals surface area contributed by atoms with Gasteiger partial charge in [-0.3, -0.25) is 4.99 Å². The Balaban J connectivity index is 0.00000161. The topological polar surface area (TPSA) is 12.4 Å². The molecule has 110 valence electrons. The third kappa shape index (κ3) is 2.63. The minimum absolute atomic E-state index is 0. The summed E-state index contributed by atoms with van der Waals surface area (Å²) in [6, 6.07) is 22.1. The summed E-state index contributed by atoms with van der Waals surface area (Å²) >= 11 is 0. The summed E-state index contributed by atoms with van der Waals surface area (Å²) in [5.41, 5.74) is 4.03.